The van der Waals surface area contributed by atoms with Gasteiger partial charge in [-0.15, -0.1) is 0 Å². The molecule has 1 aromatic rings. The molecule has 178 valence electrons. The molecule has 4 N–H and O–H groups in total. The molecule has 1 saturated carbocycles. The standard InChI is InChI=1S/C23H35N3O6/c1-13(2)24-20(29)19(15-9-7-8-10-18(15)28)26(17-11-14(17)3)21(30)16(12-27)25-22(31)32-23(4,5)6/h7-10,13-14,16-17,19,27-28H,11-12H2,1-6H3,(H,24,29)(H,25,31). The van der Waals surface area contributed by atoms with E-state index in [1.54, 1.807) is 52.8 Å². The summed E-state index contributed by atoms with van der Waals surface area (Å²) in [5.41, 5.74) is -0.514. The molecule has 1 aliphatic carbocycles. The zero-order chi connectivity index (χ0) is 24.2. The van der Waals surface area contributed by atoms with E-state index in [9.17, 15) is 24.6 Å². The fourth-order valence-electron chi connectivity index (χ4n) is 3.49. The number of nitrogens with zero attached hydrogens (tertiary/aromatic N) is 1. The maximum absolute atomic E-state index is 13.6. The van der Waals surface area contributed by atoms with Crippen LogP contribution in [0.4, 0.5) is 4.79 Å². The van der Waals surface area contributed by atoms with E-state index in [0.717, 1.165) is 0 Å². The van der Waals surface area contributed by atoms with Gasteiger partial charge in [0.15, 0.2) is 0 Å². The Morgan fingerprint density at radius 1 is 1.19 bits per heavy atom. The van der Waals surface area contributed by atoms with E-state index in [-0.39, 0.29) is 29.3 Å². The van der Waals surface area contributed by atoms with Crippen LogP contribution in [0.1, 0.15) is 59.6 Å². The molecule has 0 aromatic heterocycles. The second-order valence-electron chi connectivity index (χ2n) is 9.53. The van der Waals surface area contributed by atoms with Crippen molar-refractivity contribution in [3.05, 3.63) is 29.8 Å². The van der Waals surface area contributed by atoms with Crippen LogP contribution in [0.3, 0.4) is 0 Å². The first kappa shape index (κ1) is 25.5. The highest BCUT2D eigenvalue weighted by atomic mass is 16.6. The highest BCUT2D eigenvalue weighted by Crippen LogP contribution is 2.42. The molecule has 9 heteroatoms. The van der Waals surface area contributed by atoms with E-state index in [2.05, 4.69) is 10.6 Å². The third-order valence-corrected chi connectivity index (χ3v) is 5.04. The van der Waals surface area contributed by atoms with Gasteiger partial charge in [0, 0.05) is 17.6 Å². The number of aromatic hydroxyl groups is 1. The van der Waals surface area contributed by atoms with E-state index >= 15 is 0 Å². The van der Waals surface area contributed by atoms with Crippen molar-refractivity contribution in [3.8, 4) is 5.75 Å². The Labute approximate surface area is 189 Å². The third-order valence-electron chi connectivity index (χ3n) is 5.04. The highest BCUT2D eigenvalue weighted by molar-refractivity contribution is 5.93. The van der Waals surface area contributed by atoms with E-state index < -0.39 is 42.2 Å². The van der Waals surface area contributed by atoms with Crippen molar-refractivity contribution in [1.29, 1.82) is 0 Å². The van der Waals surface area contributed by atoms with Crippen molar-refractivity contribution in [2.75, 3.05) is 6.61 Å². The Morgan fingerprint density at radius 3 is 2.25 bits per heavy atom. The smallest absolute Gasteiger partial charge is 0.408 e. The topological polar surface area (TPSA) is 128 Å². The number of carbonyl (C=O) groups excluding carboxylic acids is 3. The summed E-state index contributed by atoms with van der Waals surface area (Å²) in [6, 6.07) is 3.43. The summed E-state index contributed by atoms with van der Waals surface area (Å²) >= 11 is 0. The lowest BCUT2D eigenvalue weighted by Gasteiger charge is -2.35. The zero-order valence-electron chi connectivity index (χ0n) is 19.6. The van der Waals surface area contributed by atoms with Gasteiger partial charge in [-0.3, -0.25) is 9.59 Å². The van der Waals surface area contributed by atoms with Crippen molar-refractivity contribution in [2.24, 2.45) is 5.92 Å². The third kappa shape index (κ3) is 6.59. The lowest BCUT2D eigenvalue weighted by molar-refractivity contribution is -0.144. The number of phenols is 1. The predicted molar refractivity (Wildman–Crippen MR) is 119 cm³/mol. The molecule has 4 unspecified atom stereocenters. The average Bonchev–Trinajstić information content (AvgIpc) is 3.38. The summed E-state index contributed by atoms with van der Waals surface area (Å²) in [4.78, 5) is 40.4. The molecular weight excluding hydrogens is 414 g/mol. The van der Waals surface area contributed by atoms with Crippen molar-refractivity contribution in [1.82, 2.24) is 15.5 Å². The van der Waals surface area contributed by atoms with Crippen LogP contribution in [0.5, 0.6) is 5.75 Å². The molecule has 0 saturated heterocycles. The highest BCUT2D eigenvalue weighted by Gasteiger charge is 2.48. The molecule has 3 amide bonds. The van der Waals surface area contributed by atoms with Crippen LogP contribution in [-0.2, 0) is 14.3 Å². The normalized spacial score (nSPS) is 19.6. The summed E-state index contributed by atoms with van der Waals surface area (Å²) in [6.07, 6.45) is -0.186. The molecule has 2 rings (SSSR count). The number of benzene rings is 1. The predicted octanol–water partition coefficient (Wildman–Crippen LogP) is 2.08. The number of aliphatic hydroxyl groups is 1. The largest absolute Gasteiger partial charge is 0.508 e. The Morgan fingerprint density at radius 2 is 1.78 bits per heavy atom. The summed E-state index contributed by atoms with van der Waals surface area (Å²) in [7, 11) is 0. The molecule has 0 spiro atoms. The van der Waals surface area contributed by atoms with Gasteiger partial charge in [-0.05, 0) is 53.0 Å². The minimum absolute atomic E-state index is 0.122. The summed E-state index contributed by atoms with van der Waals surface area (Å²) < 4.78 is 5.21. The van der Waals surface area contributed by atoms with Gasteiger partial charge in [0.05, 0.1) is 6.61 Å². The Balaban J connectivity index is 2.43. The number of ether oxygens (including phenoxy) is 1. The molecule has 0 bridgehead atoms. The van der Waals surface area contributed by atoms with Gasteiger partial charge in [0.1, 0.15) is 23.4 Å². The minimum atomic E-state index is -1.31. The summed E-state index contributed by atoms with van der Waals surface area (Å²) in [6.45, 7) is 9.93. The molecule has 4 atom stereocenters. The van der Waals surface area contributed by atoms with Crippen molar-refractivity contribution < 1.29 is 29.3 Å². The van der Waals surface area contributed by atoms with Gasteiger partial charge < -0.3 is 30.5 Å². The molecule has 0 aliphatic heterocycles. The number of aliphatic hydroxyl groups excluding tert-OH is 1. The molecule has 1 fully saturated rings. The Kier molecular flexibility index (Phi) is 8.12. The molecule has 32 heavy (non-hydrogen) atoms. The van der Waals surface area contributed by atoms with Gasteiger partial charge in [0.2, 0.25) is 11.8 Å². The number of rotatable bonds is 8. The van der Waals surface area contributed by atoms with Crippen LogP contribution < -0.4 is 10.6 Å². The van der Waals surface area contributed by atoms with Crippen LogP contribution in [0.25, 0.3) is 0 Å². The van der Waals surface area contributed by atoms with Crippen LogP contribution in [-0.4, -0.2) is 63.4 Å². The van der Waals surface area contributed by atoms with Crippen molar-refractivity contribution in [3.63, 3.8) is 0 Å². The van der Waals surface area contributed by atoms with E-state index in [4.69, 9.17) is 4.74 Å². The van der Waals surface area contributed by atoms with E-state index in [1.165, 1.54) is 11.0 Å². The van der Waals surface area contributed by atoms with Gasteiger partial charge >= 0.3 is 6.09 Å². The number of amides is 3. The number of alkyl carbamates (subject to hydrolysis) is 1. The summed E-state index contributed by atoms with van der Waals surface area (Å²) in [5, 5.41) is 25.6. The maximum Gasteiger partial charge on any atom is 0.408 e. The molecule has 0 heterocycles. The first-order chi connectivity index (χ1) is 14.9. The van der Waals surface area contributed by atoms with Crippen LogP contribution >= 0.6 is 0 Å². The Hall–Kier alpha value is -2.81. The fraction of sp³-hybridized carbons (Fsp3) is 0.609. The number of nitrogens with one attached hydrogen (secondary N) is 2. The SMILES string of the molecule is CC(C)NC(=O)C(c1ccccc1O)N(C(=O)C(CO)NC(=O)OC(C)(C)C)C1CC1C. The number of carbonyl (C=O) groups is 3. The van der Waals surface area contributed by atoms with E-state index in [0.29, 0.717) is 6.42 Å². The van der Waals surface area contributed by atoms with Crippen LogP contribution in [0.2, 0.25) is 0 Å². The lowest BCUT2D eigenvalue weighted by Crippen LogP contribution is -2.55. The van der Waals surface area contributed by atoms with Gasteiger partial charge in [0.25, 0.3) is 0 Å². The van der Waals surface area contributed by atoms with Crippen LogP contribution in [0.15, 0.2) is 24.3 Å². The molecular formula is C23H35N3O6. The van der Waals surface area contributed by atoms with E-state index in [1.807, 2.05) is 6.92 Å². The maximum atomic E-state index is 13.6. The number of phenolic OH excluding ortho intramolecular Hbond substituents is 1. The second-order valence-corrected chi connectivity index (χ2v) is 9.53. The van der Waals surface area contributed by atoms with Gasteiger partial charge in [-0.1, -0.05) is 25.1 Å². The number of hydrogen-bond acceptors (Lipinski definition) is 6. The summed E-state index contributed by atoms with van der Waals surface area (Å²) in [5.74, 6) is -1.08. The van der Waals surface area contributed by atoms with Gasteiger partial charge in [-0.2, -0.15) is 0 Å². The Bertz CT molecular complexity index is 835. The first-order valence-corrected chi connectivity index (χ1v) is 10.9. The minimum Gasteiger partial charge on any atom is -0.508 e. The lowest BCUT2D eigenvalue weighted by atomic mass is 10.0. The van der Waals surface area contributed by atoms with Gasteiger partial charge in [-0.25, -0.2) is 4.79 Å². The fourth-order valence-corrected chi connectivity index (χ4v) is 3.49. The first-order valence-electron chi connectivity index (χ1n) is 10.9. The molecule has 1 aromatic carbocycles. The second kappa shape index (κ2) is 10.2. The monoisotopic (exact) mass is 449 g/mol. The number of hydrogen-bond donors (Lipinski definition) is 4. The van der Waals surface area contributed by atoms with Crippen molar-refractivity contribution >= 4 is 17.9 Å². The van der Waals surface area contributed by atoms with Crippen LogP contribution in [0, 0.1) is 5.92 Å². The molecule has 1 aliphatic rings. The molecule has 9 nitrogen and oxygen atoms in total. The zero-order valence-corrected chi connectivity index (χ0v) is 19.6. The number of para-hydroxylation sites is 1. The van der Waals surface area contributed by atoms with Crippen molar-refractivity contribution in [2.45, 2.75) is 77.7 Å². The average molecular weight is 450 g/mol. The molecule has 0 radical (unpaired) electrons. The quantitative estimate of drug-likeness (QED) is 0.481.